The quantitative estimate of drug-likeness (QED) is 0.728. The van der Waals surface area contributed by atoms with Crippen LogP contribution >= 0.6 is 0 Å². The van der Waals surface area contributed by atoms with Gasteiger partial charge in [0.05, 0.1) is 12.5 Å². The lowest BCUT2D eigenvalue weighted by atomic mass is 10.1. The van der Waals surface area contributed by atoms with Gasteiger partial charge < -0.3 is 15.8 Å². The Morgan fingerprint density at radius 1 is 1.38 bits per heavy atom. The Morgan fingerprint density at radius 3 is 2.81 bits per heavy atom. The third kappa shape index (κ3) is 3.76. The van der Waals surface area contributed by atoms with Crippen molar-refractivity contribution in [2.45, 2.75) is 50.7 Å². The zero-order valence-corrected chi connectivity index (χ0v) is 9.78. The third-order valence-electron chi connectivity index (χ3n) is 3.45. The number of nitrogens with two attached hydrogens (primary N) is 1. The van der Waals surface area contributed by atoms with Crippen LogP contribution in [-0.2, 0) is 9.53 Å². The first-order valence-electron chi connectivity index (χ1n) is 6.39. The highest BCUT2D eigenvalue weighted by Gasteiger charge is 2.28. The van der Waals surface area contributed by atoms with Gasteiger partial charge in [-0.3, -0.25) is 4.79 Å². The Morgan fingerprint density at radius 2 is 2.19 bits per heavy atom. The summed E-state index contributed by atoms with van der Waals surface area (Å²) in [6.45, 7) is 1.43. The molecule has 1 aliphatic heterocycles. The lowest BCUT2D eigenvalue weighted by molar-refractivity contribution is -0.124. The third-order valence-corrected chi connectivity index (χ3v) is 3.45. The van der Waals surface area contributed by atoms with Crippen LogP contribution in [-0.4, -0.2) is 31.2 Å². The van der Waals surface area contributed by atoms with Gasteiger partial charge in [0.15, 0.2) is 0 Å². The fourth-order valence-electron chi connectivity index (χ4n) is 2.17. The van der Waals surface area contributed by atoms with Crippen LogP contribution in [0.2, 0.25) is 0 Å². The molecule has 0 radical (unpaired) electrons. The van der Waals surface area contributed by atoms with E-state index in [1.165, 1.54) is 19.3 Å². The maximum absolute atomic E-state index is 11.6. The molecule has 1 aliphatic carbocycles. The van der Waals surface area contributed by atoms with Crippen LogP contribution in [0, 0.1) is 5.92 Å². The van der Waals surface area contributed by atoms with Crippen molar-refractivity contribution in [3.63, 3.8) is 0 Å². The van der Waals surface area contributed by atoms with E-state index in [-0.39, 0.29) is 18.1 Å². The second-order valence-corrected chi connectivity index (χ2v) is 5.00. The van der Waals surface area contributed by atoms with E-state index in [0.29, 0.717) is 18.9 Å². The van der Waals surface area contributed by atoms with Gasteiger partial charge in [-0.2, -0.15) is 0 Å². The smallest absolute Gasteiger partial charge is 0.222 e. The van der Waals surface area contributed by atoms with Gasteiger partial charge in [0.1, 0.15) is 0 Å². The van der Waals surface area contributed by atoms with E-state index in [2.05, 4.69) is 5.32 Å². The highest BCUT2D eigenvalue weighted by molar-refractivity contribution is 5.76. The number of hydrogen-bond acceptors (Lipinski definition) is 3. The number of rotatable bonds is 5. The topological polar surface area (TPSA) is 64.3 Å². The molecule has 0 aromatic rings. The molecule has 0 aromatic carbocycles. The number of nitrogens with one attached hydrogen (secondary N) is 1. The number of carbonyl (C=O) groups is 1. The molecule has 16 heavy (non-hydrogen) atoms. The van der Waals surface area contributed by atoms with Crippen LogP contribution in [0.1, 0.15) is 38.5 Å². The maximum atomic E-state index is 11.6. The normalized spacial score (nSPS) is 27.4. The second kappa shape index (κ2) is 5.64. The highest BCUT2D eigenvalue weighted by atomic mass is 16.5. The monoisotopic (exact) mass is 226 g/mol. The van der Waals surface area contributed by atoms with Crippen LogP contribution in [0.3, 0.4) is 0 Å². The Labute approximate surface area is 96.9 Å². The van der Waals surface area contributed by atoms with Crippen molar-refractivity contribution < 1.29 is 9.53 Å². The molecule has 2 aliphatic rings. The predicted molar refractivity (Wildman–Crippen MR) is 61.9 cm³/mol. The lowest BCUT2D eigenvalue weighted by Crippen LogP contribution is -2.40. The largest absolute Gasteiger partial charge is 0.378 e. The average Bonchev–Trinajstić information content (AvgIpc) is 3.11. The summed E-state index contributed by atoms with van der Waals surface area (Å²) >= 11 is 0. The van der Waals surface area contributed by atoms with E-state index in [1.54, 1.807) is 0 Å². The zero-order chi connectivity index (χ0) is 11.4. The summed E-state index contributed by atoms with van der Waals surface area (Å²) in [5.41, 5.74) is 5.91. The van der Waals surface area contributed by atoms with Crippen LogP contribution in [0.15, 0.2) is 0 Å². The lowest BCUT2D eigenvalue weighted by Gasteiger charge is -2.22. The molecule has 1 saturated heterocycles. The average molecular weight is 226 g/mol. The first kappa shape index (κ1) is 11.9. The Kier molecular flexibility index (Phi) is 4.18. The summed E-state index contributed by atoms with van der Waals surface area (Å²) in [6, 6.07) is 0.149. The number of ether oxygens (including phenoxy) is 1. The van der Waals surface area contributed by atoms with Crippen LogP contribution in [0.5, 0.6) is 0 Å². The standard InChI is InChI=1S/C12H22N2O2/c13-11(9-4-5-9)8-14-12(15)7-10-3-1-2-6-16-10/h9-11H,1-8,13H2,(H,14,15). The van der Waals surface area contributed by atoms with Gasteiger partial charge in [-0.1, -0.05) is 0 Å². The highest BCUT2D eigenvalue weighted by Crippen LogP contribution is 2.31. The molecule has 3 N–H and O–H groups in total. The van der Waals surface area contributed by atoms with E-state index >= 15 is 0 Å². The van der Waals surface area contributed by atoms with E-state index in [9.17, 15) is 4.79 Å². The molecule has 2 rings (SSSR count). The minimum atomic E-state index is 0.0861. The Bertz CT molecular complexity index is 235. The van der Waals surface area contributed by atoms with Gasteiger partial charge in [-0.05, 0) is 38.0 Å². The zero-order valence-electron chi connectivity index (χ0n) is 9.78. The van der Waals surface area contributed by atoms with Crippen molar-refractivity contribution in [1.82, 2.24) is 5.32 Å². The van der Waals surface area contributed by atoms with Gasteiger partial charge in [-0.15, -0.1) is 0 Å². The molecular weight excluding hydrogens is 204 g/mol. The molecule has 0 aromatic heterocycles. The number of amides is 1. The van der Waals surface area contributed by atoms with E-state index < -0.39 is 0 Å². The minimum Gasteiger partial charge on any atom is -0.378 e. The molecule has 2 fully saturated rings. The maximum Gasteiger partial charge on any atom is 0.222 e. The molecule has 0 bridgehead atoms. The molecule has 2 atom stereocenters. The first-order chi connectivity index (χ1) is 7.75. The van der Waals surface area contributed by atoms with E-state index in [4.69, 9.17) is 10.5 Å². The molecule has 1 heterocycles. The molecule has 1 amide bonds. The summed E-state index contributed by atoms with van der Waals surface area (Å²) in [5, 5.41) is 2.91. The molecule has 4 heteroatoms. The van der Waals surface area contributed by atoms with Crippen LogP contribution < -0.4 is 11.1 Å². The van der Waals surface area contributed by atoms with Gasteiger partial charge in [0.25, 0.3) is 0 Å². The first-order valence-corrected chi connectivity index (χ1v) is 6.39. The Hall–Kier alpha value is -0.610. The molecule has 1 saturated carbocycles. The van der Waals surface area contributed by atoms with Crippen molar-refractivity contribution >= 4 is 5.91 Å². The number of carbonyl (C=O) groups excluding carboxylic acids is 1. The molecule has 4 nitrogen and oxygen atoms in total. The van der Waals surface area contributed by atoms with Crippen LogP contribution in [0.25, 0.3) is 0 Å². The van der Waals surface area contributed by atoms with Gasteiger partial charge in [0.2, 0.25) is 5.91 Å². The van der Waals surface area contributed by atoms with Crippen molar-refractivity contribution in [2.75, 3.05) is 13.2 Å². The summed E-state index contributed by atoms with van der Waals surface area (Å²) in [7, 11) is 0. The fraction of sp³-hybridized carbons (Fsp3) is 0.917. The van der Waals surface area contributed by atoms with Gasteiger partial charge in [-0.25, -0.2) is 0 Å². The number of hydrogen-bond donors (Lipinski definition) is 2. The SMILES string of the molecule is NC(CNC(=O)CC1CCCCO1)C1CC1. The summed E-state index contributed by atoms with van der Waals surface area (Å²) in [5.74, 6) is 0.731. The van der Waals surface area contributed by atoms with E-state index in [0.717, 1.165) is 19.4 Å². The van der Waals surface area contributed by atoms with Gasteiger partial charge in [0, 0.05) is 19.2 Å². The predicted octanol–water partition coefficient (Wildman–Crippen LogP) is 0.799. The minimum absolute atomic E-state index is 0.0861. The summed E-state index contributed by atoms with van der Waals surface area (Å²) < 4.78 is 5.52. The van der Waals surface area contributed by atoms with Crippen molar-refractivity contribution in [3.05, 3.63) is 0 Å². The fourth-order valence-corrected chi connectivity index (χ4v) is 2.17. The molecular formula is C12H22N2O2. The van der Waals surface area contributed by atoms with Gasteiger partial charge >= 0.3 is 0 Å². The Balaban J connectivity index is 1.59. The van der Waals surface area contributed by atoms with Crippen molar-refractivity contribution in [1.29, 1.82) is 0 Å². The van der Waals surface area contributed by atoms with Crippen LogP contribution in [0.4, 0.5) is 0 Å². The van der Waals surface area contributed by atoms with Crippen molar-refractivity contribution in [2.24, 2.45) is 11.7 Å². The van der Waals surface area contributed by atoms with E-state index in [1.807, 2.05) is 0 Å². The summed E-state index contributed by atoms with van der Waals surface area (Å²) in [6.07, 6.45) is 6.40. The second-order valence-electron chi connectivity index (χ2n) is 5.00. The summed E-state index contributed by atoms with van der Waals surface area (Å²) in [4.78, 5) is 11.6. The molecule has 0 spiro atoms. The molecule has 2 unspecified atom stereocenters. The van der Waals surface area contributed by atoms with Crippen molar-refractivity contribution in [3.8, 4) is 0 Å². The molecule has 92 valence electrons.